The Bertz CT molecular complexity index is 346. The zero-order valence-electron chi connectivity index (χ0n) is 13.3. The molecule has 120 valence electrons. The lowest BCUT2D eigenvalue weighted by molar-refractivity contribution is 0.185. The number of hydrogen-bond acceptors (Lipinski definition) is 3. The lowest BCUT2D eigenvalue weighted by atomic mass is 10.1. The fourth-order valence-electron chi connectivity index (χ4n) is 3.44. The number of carbonyl (C=O) groups excluding carboxylic acids is 1. The maximum Gasteiger partial charge on any atom is 0.315 e. The number of nitrogens with one attached hydrogen (secondary N) is 2. The van der Waals surface area contributed by atoms with Crippen LogP contribution in [0.5, 0.6) is 0 Å². The summed E-state index contributed by atoms with van der Waals surface area (Å²) in [5.74, 6) is 0. The van der Waals surface area contributed by atoms with Crippen LogP contribution in [0.4, 0.5) is 4.79 Å². The Hall–Kier alpha value is -0.810. The molecule has 1 saturated heterocycles. The van der Waals surface area contributed by atoms with Crippen LogP contribution in [0.15, 0.2) is 0 Å². The Morgan fingerprint density at radius 2 is 1.86 bits per heavy atom. The van der Waals surface area contributed by atoms with Gasteiger partial charge in [0.2, 0.25) is 0 Å². The Kier molecular flexibility index (Phi) is 5.01. The number of likely N-dealkylation sites (tertiary alicyclic amines) is 1. The fourth-order valence-corrected chi connectivity index (χ4v) is 3.44. The van der Waals surface area contributed by atoms with E-state index in [1.165, 1.54) is 25.7 Å². The van der Waals surface area contributed by atoms with E-state index in [1.807, 2.05) is 0 Å². The summed E-state index contributed by atoms with van der Waals surface area (Å²) < 4.78 is 0. The third-order valence-electron chi connectivity index (χ3n) is 5.08. The normalized spacial score (nSPS) is 24.3. The number of rotatable bonds is 7. The molecule has 0 spiro atoms. The quantitative estimate of drug-likeness (QED) is 0.746. The van der Waals surface area contributed by atoms with Gasteiger partial charge in [0.15, 0.2) is 0 Å². The molecule has 0 aromatic heterocycles. The summed E-state index contributed by atoms with van der Waals surface area (Å²) in [6.07, 6.45) is 7.64. The van der Waals surface area contributed by atoms with Gasteiger partial charge in [0.1, 0.15) is 0 Å². The molecule has 21 heavy (non-hydrogen) atoms. The van der Waals surface area contributed by atoms with Crippen LogP contribution in [0, 0.1) is 0 Å². The second kappa shape index (κ2) is 6.97. The zero-order chi connectivity index (χ0) is 14.7. The number of likely N-dealkylation sites (N-methyl/N-ethyl adjacent to an activating group) is 1. The summed E-state index contributed by atoms with van der Waals surface area (Å²) >= 11 is 0. The molecule has 3 rings (SSSR count). The van der Waals surface area contributed by atoms with Crippen molar-refractivity contribution in [1.29, 1.82) is 0 Å². The Morgan fingerprint density at radius 3 is 2.43 bits per heavy atom. The number of piperidine rings is 1. The second-order valence-electron chi connectivity index (χ2n) is 6.80. The van der Waals surface area contributed by atoms with E-state index in [1.54, 1.807) is 0 Å². The number of nitrogens with zero attached hydrogens (tertiary/aromatic N) is 2. The van der Waals surface area contributed by atoms with E-state index in [0.29, 0.717) is 6.04 Å². The van der Waals surface area contributed by atoms with Crippen molar-refractivity contribution >= 4 is 6.03 Å². The number of carbonyl (C=O) groups is 1. The molecular weight excluding hydrogens is 264 g/mol. The van der Waals surface area contributed by atoms with E-state index in [-0.39, 0.29) is 6.03 Å². The molecule has 0 bridgehead atoms. The van der Waals surface area contributed by atoms with Crippen molar-refractivity contribution in [2.24, 2.45) is 0 Å². The predicted molar refractivity (Wildman–Crippen MR) is 84.4 cm³/mol. The van der Waals surface area contributed by atoms with Gasteiger partial charge in [0, 0.05) is 44.3 Å². The average molecular weight is 294 g/mol. The van der Waals surface area contributed by atoms with Crippen molar-refractivity contribution in [3.63, 3.8) is 0 Å². The van der Waals surface area contributed by atoms with Gasteiger partial charge in [0.05, 0.1) is 0 Å². The molecule has 0 aromatic rings. The summed E-state index contributed by atoms with van der Waals surface area (Å²) in [7, 11) is 0. The maximum absolute atomic E-state index is 11.9. The molecule has 1 aliphatic heterocycles. The summed E-state index contributed by atoms with van der Waals surface area (Å²) in [4.78, 5) is 17.0. The minimum atomic E-state index is 0.0201. The van der Waals surface area contributed by atoms with E-state index < -0.39 is 0 Å². The second-order valence-corrected chi connectivity index (χ2v) is 6.80. The Balaban J connectivity index is 1.27. The molecule has 0 atom stereocenters. The first-order valence-electron chi connectivity index (χ1n) is 8.78. The van der Waals surface area contributed by atoms with Gasteiger partial charge in [-0.15, -0.1) is 0 Å². The number of urea groups is 1. The van der Waals surface area contributed by atoms with Gasteiger partial charge in [0.25, 0.3) is 0 Å². The molecule has 2 saturated carbocycles. The summed E-state index contributed by atoms with van der Waals surface area (Å²) in [5.41, 5.74) is 0. The first-order chi connectivity index (χ1) is 10.3. The van der Waals surface area contributed by atoms with Crippen LogP contribution in [-0.4, -0.2) is 66.7 Å². The number of amides is 2. The van der Waals surface area contributed by atoms with Gasteiger partial charge >= 0.3 is 6.03 Å². The van der Waals surface area contributed by atoms with Gasteiger partial charge in [-0.2, -0.15) is 0 Å². The van der Waals surface area contributed by atoms with Gasteiger partial charge in [-0.1, -0.05) is 6.92 Å². The van der Waals surface area contributed by atoms with Crippen molar-refractivity contribution in [2.75, 3.05) is 32.7 Å². The fraction of sp³-hybridized carbons (Fsp3) is 0.938. The minimum absolute atomic E-state index is 0.0201. The summed E-state index contributed by atoms with van der Waals surface area (Å²) in [6.45, 7) is 7.34. The van der Waals surface area contributed by atoms with Crippen molar-refractivity contribution < 1.29 is 4.79 Å². The van der Waals surface area contributed by atoms with Crippen LogP contribution in [0.25, 0.3) is 0 Å². The van der Waals surface area contributed by atoms with Crippen molar-refractivity contribution in [1.82, 2.24) is 20.4 Å². The van der Waals surface area contributed by atoms with Crippen LogP contribution in [0.1, 0.15) is 45.4 Å². The van der Waals surface area contributed by atoms with Crippen LogP contribution in [-0.2, 0) is 0 Å². The Labute approximate surface area is 128 Å². The van der Waals surface area contributed by atoms with E-state index in [4.69, 9.17) is 0 Å². The van der Waals surface area contributed by atoms with E-state index in [9.17, 15) is 4.79 Å². The van der Waals surface area contributed by atoms with Crippen LogP contribution in [0.3, 0.4) is 0 Å². The van der Waals surface area contributed by atoms with E-state index >= 15 is 0 Å². The van der Waals surface area contributed by atoms with Gasteiger partial charge in [-0.25, -0.2) is 4.79 Å². The molecule has 5 nitrogen and oxygen atoms in total. The Morgan fingerprint density at radius 1 is 1.14 bits per heavy atom. The topological polar surface area (TPSA) is 47.6 Å². The molecule has 3 aliphatic rings. The van der Waals surface area contributed by atoms with Crippen LogP contribution >= 0.6 is 0 Å². The van der Waals surface area contributed by atoms with Crippen molar-refractivity contribution in [3.8, 4) is 0 Å². The van der Waals surface area contributed by atoms with Gasteiger partial charge in [-0.05, 0) is 45.1 Å². The molecule has 2 N–H and O–H groups in total. The van der Waals surface area contributed by atoms with E-state index in [0.717, 1.165) is 57.6 Å². The van der Waals surface area contributed by atoms with Crippen LogP contribution in [0.2, 0.25) is 0 Å². The minimum Gasteiger partial charge on any atom is -0.337 e. The molecule has 5 heteroatoms. The molecule has 2 aliphatic carbocycles. The maximum atomic E-state index is 11.9. The lowest BCUT2D eigenvalue weighted by Gasteiger charge is -2.32. The smallest absolute Gasteiger partial charge is 0.315 e. The highest BCUT2D eigenvalue weighted by Crippen LogP contribution is 2.29. The van der Waals surface area contributed by atoms with Crippen molar-refractivity contribution in [2.45, 2.75) is 63.6 Å². The van der Waals surface area contributed by atoms with E-state index in [2.05, 4.69) is 27.4 Å². The molecule has 3 fully saturated rings. The molecule has 1 heterocycles. The first-order valence-corrected chi connectivity index (χ1v) is 8.78. The van der Waals surface area contributed by atoms with Crippen molar-refractivity contribution in [3.05, 3.63) is 0 Å². The third-order valence-corrected chi connectivity index (χ3v) is 5.08. The molecular formula is C16H30N4O. The summed E-state index contributed by atoms with van der Waals surface area (Å²) in [5, 5.41) is 6.16. The van der Waals surface area contributed by atoms with Gasteiger partial charge < -0.3 is 15.5 Å². The highest BCUT2D eigenvalue weighted by atomic mass is 16.2. The molecule has 2 amide bonds. The molecule has 0 aromatic carbocycles. The molecule has 0 radical (unpaired) electrons. The highest BCUT2D eigenvalue weighted by molar-refractivity contribution is 5.74. The summed E-state index contributed by atoms with van der Waals surface area (Å²) in [6, 6.07) is 2.03. The third kappa shape index (κ3) is 4.58. The highest BCUT2D eigenvalue weighted by Gasteiger charge is 2.32. The van der Waals surface area contributed by atoms with Crippen LogP contribution < -0.4 is 10.6 Å². The average Bonchev–Trinajstić information content (AvgIpc) is 3.37. The largest absolute Gasteiger partial charge is 0.337 e. The monoisotopic (exact) mass is 294 g/mol. The SMILES string of the molecule is CCN(CCNC(=O)NC1CCN(C2CC2)CC1)C1CC1. The molecule has 0 unspecified atom stereocenters. The number of hydrogen-bond donors (Lipinski definition) is 2. The van der Waals surface area contributed by atoms with Gasteiger partial charge in [-0.3, -0.25) is 4.90 Å². The zero-order valence-corrected chi connectivity index (χ0v) is 13.3. The lowest BCUT2D eigenvalue weighted by Crippen LogP contribution is -2.49. The first kappa shape index (κ1) is 15.1. The predicted octanol–water partition coefficient (Wildman–Crippen LogP) is 1.40. The standard InChI is InChI=1S/C16H30N4O/c1-2-19(14-3-4-14)12-9-17-16(21)18-13-7-10-20(11-8-13)15-5-6-15/h13-15H,2-12H2,1H3,(H2,17,18,21).